The molecule has 3 rings (SSSR count). The molecule has 2 aromatic heterocycles. The molecule has 20 heavy (non-hydrogen) atoms. The lowest BCUT2D eigenvalue weighted by molar-refractivity contribution is -0.107. The van der Waals surface area contributed by atoms with Crippen molar-refractivity contribution in [2.24, 2.45) is 0 Å². The Morgan fingerprint density at radius 2 is 1.95 bits per heavy atom. The van der Waals surface area contributed by atoms with Crippen LogP contribution in [0.5, 0.6) is 0 Å². The van der Waals surface area contributed by atoms with Gasteiger partial charge in [0, 0.05) is 30.5 Å². The number of aromatic amines is 1. The van der Waals surface area contributed by atoms with Crippen molar-refractivity contribution in [2.45, 2.75) is 6.29 Å². The van der Waals surface area contributed by atoms with Crippen LogP contribution in [0.4, 0.5) is 0 Å². The van der Waals surface area contributed by atoms with Crippen molar-refractivity contribution in [1.29, 1.82) is 5.26 Å². The Hall–Kier alpha value is -2.42. The van der Waals surface area contributed by atoms with Crippen molar-refractivity contribution in [1.82, 2.24) is 9.97 Å². The molecule has 100 valence electrons. The maximum atomic E-state index is 9.15. The van der Waals surface area contributed by atoms with Crippen LogP contribution < -0.4 is 0 Å². The van der Waals surface area contributed by atoms with Crippen molar-refractivity contribution < 1.29 is 9.47 Å². The molecule has 3 aromatic rings. The van der Waals surface area contributed by atoms with Gasteiger partial charge in [-0.25, -0.2) is 4.98 Å². The molecule has 1 N–H and O–H groups in total. The van der Waals surface area contributed by atoms with E-state index in [-0.39, 0.29) is 0 Å². The van der Waals surface area contributed by atoms with E-state index in [0.29, 0.717) is 11.4 Å². The third-order valence-electron chi connectivity index (χ3n) is 3.29. The van der Waals surface area contributed by atoms with E-state index in [4.69, 9.17) is 14.7 Å². The Morgan fingerprint density at radius 1 is 1.20 bits per heavy atom. The molecule has 0 saturated carbocycles. The molecule has 0 unspecified atom stereocenters. The molecule has 5 heteroatoms. The van der Waals surface area contributed by atoms with E-state index in [1.807, 2.05) is 24.3 Å². The summed E-state index contributed by atoms with van der Waals surface area (Å²) in [5.41, 5.74) is 2.75. The number of hydrogen-bond acceptors (Lipinski definition) is 4. The smallest absolute Gasteiger partial charge is 0.202 e. The Morgan fingerprint density at radius 3 is 2.65 bits per heavy atom. The summed E-state index contributed by atoms with van der Waals surface area (Å²) in [6.07, 6.45) is -0.612. The number of hydrogen-bond donors (Lipinski definition) is 1. The summed E-state index contributed by atoms with van der Waals surface area (Å²) in [5, 5.41) is 11.1. The lowest BCUT2D eigenvalue weighted by Crippen LogP contribution is -2.07. The first kappa shape index (κ1) is 12.6. The molecule has 0 aliphatic carbocycles. The number of benzene rings is 1. The van der Waals surface area contributed by atoms with Gasteiger partial charge in [-0.2, -0.15) is 5.26 Å². The first-order chi connectivity index (χ1) is 9.78. The average Bonchev–Trinajstić information content (AvgIpc) is 2.87. The van der Waals surface area contributed by atoms with Gasteiger partial charge in [-0.05, 0) is 12.1 Å². The monoisotopic (exact) mass is 267 g/mol. The van der Waals surface area contributed by atoms with E-state index >= 15 is 0 Å². The fourth-order valence-electron chi connectivity index (χ4n) is 2.42. The number of H-pyrrole nitrogens is 1. The second kappa shape index (κ2) is 4.93. The van der Waals surface area contributed by atoms with Crippen molar-refractivity contribution in [3.05, 3.63) is 41.7 Å². The molecule has 0 saturated heterocycles. The third-order valence-corrected chi connectivity index (χ3v) is 3.29. The van der Waals surface area contributed by atoms with Crippen LogP contribution in [0.3, 0.4) is 0 Å². The summed E-state index contributed by atoms with van der Waals surface area (Å²) in [5.74, 6) is 0. The second-order valence-electron chi connectivity index (χ2n) is 4.40. The van der Waals surface area contributed by atoms with Crippen LogP contribution in [0.15, 0.2) is 30.3 Å². The largest absolute Gasteiger partial charge is 0.353 e. The van der Waals surface area contributed by atoms with E-state index in [0.717, 1.165) is 21.8 Å². The van der Waals surface area contributed by atoms with Crippen LogP contribution in [0.2, 0.25) is 0 Å². The highest BCUT2D eigenvalue weighted by molar-refractivity contribution is 6.08. The van der Waals surface area contributed by atoms with E-state index in [1.54, 1.807) is 20.3 Å². The minimum absolute atomic E-state index is 0.344. The van der Waals surface area contributed by atoms with Gasteiger partial charge in [-0.3, -0.25) is 0 Å². The number of nitriles is 1. The predicted molar refractivity (Wildman–Crippen MR) is 75.1 cm³/mol. The number of rotatable bonds is 3. The van der Waals surface area contributed by atoms with Gasteiger partial charge in [0.05, 0.1) is 5.52 Å². The van der Waals surface area contributed by atoms with Gasteiger partial charge in [-0.15, -0.1) is 0 Å². The number of nitrogens with one attached hydrogen (secondary N) is 1. The summed E-state index contributed by atoms with van der Waals surface area (Å²) in [6.45, 7) is 0. The number of aromatic nitrogens is 2. The Bertz CT molecular complexity index is 813. The summed E-state index contributed by atoms with van der Waals surface area (Å²) in [7, 11) is 3.09. The first-order valence-corrected chi connectivity index (χ1v) is 6.15. The first-order valence-electron chi connectivity index (χ1n) is 6.15. The molecule has 0 amide bonds. The standard InChI is InChI=1S/C15H13N3O2/c1-19-15(20-2)14-13-11(7-9(8-16)17-14)10-5-3-4-6-12(10)18-13/h3-7,15,18H,1-2H3. The summed E-state index contributed by atoms with van der Waals surface area (Å²) < 4.78 is 10.5. The zero-order chi connectivity index (χ0) is 14.1. The van der Waals surface area contributed by atoms with Gasteiger partial charge in [-0.1, -0.05) is 18.2 Å². The van der Waals surface area contributed by atoms with Crippen molar-refractivity contribution in [3.63, 3.8) is 0 Å². The lowest BCUT2D eigenvalue weighted by Gasteiger charge is -2.13. The minimum atomic E-state index is -0.612. The molecule has 0 aliphatic heterocycles. The number of methoxy groups -OCH3 is 2. The topological polar surface area (TPSA) is 70.9 Å². The number of ether oxygens (including phenoxy) is 2. The average molecular weight is 267 g/mol. The Kier molecular flexibility index (Phi) is 3.11. The van der Waals surface area contributed by atoms with Gasteiger partial charge < -0.3 is 14.5 Å². The molecule has 0 spiro atoms. The zero-order valence-corrected chi connectivity index (χ0v) is 11.2. The second-order valence-corrected chi connectivity index (χ2v) is 4.40. The maximum absolute atomic E-state index is 9.15. The van der Waals surface area contributed by atoms with E-state index in [9.17, 15) is 0 Å². The number of nitrogens with zero attached hydrogens (tertiary/aromatic N) is 2. The summed E-state index contributed by atoms with van der Waals surface area (Å²) in [4.78, 5) is 7.63. The quantitative estimate of drug-likeness (QED) is 0.741. The molecule has 0 radical (unpaired) electrons. The van der Waals surface area contributed by atoms with Crippen molar-refractivity contribution >= 4 is 21.8 Å². The highest BCUT2D eigenvalue weighted by atomic mass is 16.7. The van der Waals surface area contributed by atoms with Crippen LogP contribution in [0, 0.1) is 11.3 Å². The molecule has 2 heterocycles. The molecule has 0 fully saturated rings. The summed E-state index contributed by atoms with van der Waals surface area (Å²) >= 11 is 0. The van der Waals surface area contributed by atoms with E-state index < -0.39 is 6.29 Å². The Balaban J connectivity index is 2.41. The fraction of sp³-hybridized carbons (Fsp3) is 0.200. The zero-order valence-electron chi connectivity index (χ0n) is 11.2. The van der Waals surface area contributed by atoms with E-state index in [2.05, 4.69) is 16.0 Å². The molecule has 5 nitrogen and oxygen atoms in total. The molecule has 1 aromatic carbocycles. The highest BCUT2D eigenvalue weighted by Crippen LogP contribution is 2.31. The molecule has 0 atom stereocenters. The molecular weight excluding hydrogens is 254 g/mol. The van der Waals surface area contributed by atoms with Gasteiger partial charge >= 0.3 is 0 Å². The SMILES string of the molecule is COC(OC)c1nc(C#N)cc2c1[nH]c1ccccc12. The highest BCUT2D eigenvalue weighted by Gasteiger charge is 2.19. The molecular formula is C15H13N3O2. The normalized spacial score (nSPS) is 11.3. The predicted octanol–water partition coefficient (Wildman–Crippen LogP) is 2.88. The van der Waals surface area contributed by atoms with Crippen molar-refractivity contribution in [3.8, 4) is 6.07 Å². The lowest BCUT2D eigenvalue weighted by atomic mass is 10.1. The van der Waals surface area contributed by atoms with Gasteiger partial charge in [0.2, 0.25) is 6.29 Å². The van der Waals surface area contributed by atoms with Gasteiger partial charge in [0.1, 0.15) is 17.5 Å². The van der Waals surface area contributed by atoms with Gasteiger partial charge in [0.25, 0.3) is 0 Å². The van der Waals surface area contributed by atoms with Crippen LogP contribution >= 0.6 is 0 Å². The number of pyridine rings is 1. The maximum Gasteiger partial charge on any atom is 0.202 e. The Labute approximate surface area is 115 Å². The third kappa shape index (κ3) is 1.83. The van der Waals surface area contributed by atoms with Crippen molar-refractivity contribution in [2.75, 3.05) is 14.2 Å². The fourth-order valence-corrected chi connectivity index (χ4v) is 2.42. The van der Waals surface area contributed by atoms with Gasteiger partial charge in [0.15, 0.2) is 0 Å². The molecule has 0 aliphatic rings. The number of fused-ring (bicyclic) bond motifs is 3. The van der Waals surface area contributed by atoms with Crippen LogP contribution in [-0.4, -0.2) is 24.2 Å². The molecule has 0 bridgehead atoms. The van der Waals surface area contributed by atoms with E-state index in [1.165, 1.54) is 0 Å². The summed E-state index contributed by atoms with van der Waals surface area (Å²) in [6, 6.07) is 11.8. The van der Waals surface area contributed by atoms with Crippen LogP contribution in [-0.2, 0) is 9.47 Å². The number of para-hydroxylation sites is 1. The minimum Gasteiger partial charge on any atom is -0.353 e. The van der Waals surface area contributed by atoms with Crippen LogP contribution in [0.1, 0.15) is 17.7 Å². The van der Waals surface area contributed by atoms with Crippen LogP contribution in [0.25, 0.3) is 21.8 Å².